The molecule has 0 aliphatic carbocycles. The van der Waals surface area contributed by atoms with Gasteiger partial charge in [0, 0.05) is 91.0 Å². The van der Waals surface area contributed by atoms with Gasteiger partial charge in [-0.1, -0.05) is 98.3 Å². The average molecular weight is 901 g/mol. The molecule has 7 aromatic rings. The summed E-state index contributed by atoms with van der Waals surface area (Å²) in [6.45, 7) is 14.7. The topological polar surface area (TPSA) is 26.3 Å². The third-order valence-corrected chi connectivity index (χ3v) is 19.4. The zero-order valence-corrected chi connectivity index (χ0v) is 41.4. The zero-order valence-electron chi connectivity index (χ0n) is 36.5. The first-order valence-electron chi connectivity index (χ1n) is 22.5. The number of fused-ring (bicyclic) bond motifs is 3. The van der Waals surface area contributed by atoms with Crippen molar-refractivity contribution in [3.63, 3.8) is 0 Å². The standard InChI is InChI=1S/C51H64O2S6/c1-8-12-19-34(10-3)28-36-22-24-42(56-36)46-39-27-32(5)54-48(39)47(43-25-23-37(57-43)29-35(11-4)20-13-9-2)40-31-45(59-49(40)46)51-50-38(33(6)55-51)30-44(58-50)41(52)21-17-15-14-16-18-26-53-7/h22-25,27,30-31,34-35H,8-21,26,28-29H2,1-7H3. The Hall–Kier alpha value is -2.17. The second-order valence-electron chi connectivity index (χ2n) is 16.8. The van der Waals surface area contributed by atoms with Crippen molar-refractivity contribution in [2.24, 2.45) is 11.8 Å². The molecule has 0 aliphatic rings. The average Bonchev–Trinajstić information content (AvgIpc) is 4.10. The number of thiophene rings is 6. The van der Waals surface area contributed by atoms with Crippen LogP contribution in [0.2, 0.25) is 0 Å². The Kier molecular flexibility index (Phi) is 16.2. The molecule has 0 fully saturated rings. The van der Waals surface area contributed by atoms with Crippen LogP contribution in [0.5, 0.6) is 0 Å². The van der Waals surface area contributed by atoms with Gasteiger partial charge in [-0.2, -0.15) is 0 Å². The Balaban J connectivity index is 1.31. The molecule has 1 aromatic carbocycles. The Morgan fingerprint density at radius 2 is 1.19 bits per heavy atom. The molecule has 2 unspecified atom stereocenters. The number of rotatable bonds is 24. The molecule has 0 N–H and O–H groups in total. The minimum Gasteiger partial charge on any atom is -0.385 e. The van der Waals surface area contributed by atoms with E-state index in [9.17, 15) is 4.79 Å². The number of Topliss-reactive ketones (excluding diaryl/α,β-unsaturated/α-hetero) is 1. The van der Waals surface area contributed by atoms with Gasteiger partial charge >= 0.3 is 0 Å². The van der Waals surface area contributed by atoms with E-state index in [1.807, 2.05) is 56.7 Å². The van der Waals surface area contributed by atoms with Crippen molar-refractivity contribution in [3.05, 3.63) is 66.9 Å². The van der Waals surface area contributed by atoms with Crippen LogP contribution in [0.3, 0.4) is 0 Å². The lowest BCUT2D eigenvalue weighted by atomic mass is 9.95. The minimum atomic E-state index is 0.303. The number of ether oxygens (including phenoxy) is 1. The monoisotopic (exact) mass is 900 g/mol. The van der Waals surface area contributed by atoms with Gasteiger partial charge in [-0.15, -0.1) is 68.0 Å². The normalized spacial score (nSPS) is 13.1. The fourth-order valence-corrected chi connectivity index (χ4v) is 16.2. The maximum absolute atomic E-state index is 13.6. The van der Waals surface area contributed by atoms with Crippen molar-refractivity contribution in [1.82, 2.24) is 0 Å². The van der Waals surface area contributed by atoms with Crippen LogP contribution in [0.4, 0.5) is 0 Å². The van der Waals surface area contributed by atoms with Gasteiger partial charge in [0.2, 0.25) is 0 Å². The predicted molar refractivity (Wildman–Crippen MR) is 270 cm³/mol. The van der Waals surface area contributed by atoms with Gasteiger partial charge < -0.3 is 4.74 Å². The molecule has 0 saturated carbocycles. The number of benzene rings is 1. The Labute approximate surface area is 378 Å². The van der Waals surface area contributed by atoms with Gasteiger partial charge in [0.25, 0.3) is 0 Å². The van der Waals surface area contributed by atoms with Crippen LogP contribution in [0.1, 0.15) is 147 Å². The third-order valence-electron chi connectivity index (χ3n) is 12.3. The molecule has 0 amide bonds. The van der Waals surface area contributed by atoms with E-state index in [1.54, 1.807) is 18.4 Å². The molecule has 0 aliphatic heterocycles. The number of ketones is 1. The highest BCUT2D eigenvalue weighted by atomic mass is 32.1. The summed E-state index contributed by atoms with van der Waals surface area (Å²) in [5.41, 5.74) is 2.85. The summed E-state index contributed by atoms with van der Waals surface area (Å²) in [6.07, 6.45) is 18.8. The molecule has 6 heterocycles. The molecule has 316 valence electrons. The van der Waals surface area contributed by atoms with E-state index in [0.717, 1.165) is 42.6 Å². The van der Waals surface area contributed by atoms with Crippen LogP contribution in [0, 0.1) is 25.7 Å². The molecule has 0 bridgehead atoms. The SMILES string of the molecule is CCCCC(CC)Cc1ccc(-c2c3cc(-c4sc(C)c5cc(C(=O)CCCCCCCOC)sc45)sc3c(-c3ccc(CC(CC)CCCC)s3)c3cc(C)sc23)s1. The van der Waals surface area contributed by atoms with E-state index < -0.39 is 0 Å². The quantitative estimate of drug-likeness (QED) is 0.0446. The van der Waals surface area contributed by atoms with Crippen molar-refractivity contribution >= 4 is 104 Å². The molecule has 2 nitrogen and oxygen atoms in total. The maximum Gasteiger partial charge on any atom is 0.172 e. The summed E-state index contributed by atoms with van der Waals surface area (Å²) in [4.78, 5) is 25.7. The van der Waals surface area contributed by atoms with E-state index in [2.05, 4.69) is 84.0 Å². The minimum absolute atomic E-state index is 0.303. The highest BCUT2D eigenvalue weighted by Gasteiger charge is 2.26. The highest BCUT2D eigenvalue weighted by molar-refractivity contribution is 7.32. The molecule has 59 heavy (non-hydrogen) atoms. The number of hydrogen-bond donors (Lipinski definition) is 0. The van der Waals surface area contributed by atoms with Gasteiger partial charge in [-0.25, -0.2) is 0 Å². The molecular weight excluding hydrogens is 837 g/mol. The van der Waals surface area contributed by atoms with E-state index in [4.69, 9.17) is 4.74 Å². The van der Waals surface area contributed by atoms with Gasteiger partial charge in [0.15, 0.2) is 5.78 Å². The lowest BCUT2D eigenvalue weighted by Crippen LogP contribution is -2.01. The van der Waals surface area contributed by atoms with Crippen LogP contribution in [-0.2, 0) is 17.6 Å². The van der Waals surface area contributed by atoms with Gasteiger partial charge in [0.05, 0.1) is 14.5 Å². The molecule has 8 heteroatoms. The second-order valence-corrected chi connectivity index (χ2v) is 23.7. The number of carbonyl (C=O) groups is 1. The lowest BCUT2D eigenvalue weighted by Gasteiger charge is -2.13. The molecule has 0 saturated heterocycles. The summed E-state index contributed by atoms with van der Waals surface area (Å²) in [5, 5.41) is 4.07. The van der Waals surface area contributed by atoms with Crippen molar-refractivity contribution in [2.75, 3.05) is 13.7 Å². The molecule has 0 radical (unpaired) electrons. The fraction of sp³-hybridized carbons (Fsp3) is 0.510. The van der Waals surface area contributed by atoms with Gasteiger partial charge in [-0.05, 0) is 93.8 Å². The highest BCUT2D eigenvalue weighted by Crippen LogP contribution is 2.55. The predicted octanol–water partition coefficient (Wildman–Crippen LogP) is 18.8. The first-order valence-corrected chi connectivity index (χ1v) is 27.4. The van der Waals surface area contributed by atoms with Crippen molar-refractivity contribution < 1.29 is 9.53 Å². The number of unbranched alkanes of at least 4 members (excludes halogenated alkanes) is 6. The third kappa shape index (κ3) is 10.4. The maximum atomic E-state index is 13.6. The van der Waals surface area contributed by atoms with Crippen LogP contribution in [-0.4, -0.2) is 19.5 Å². The van der Waals surface area contributed by atoms with Crippen LogP contribution >= 0.6 is 68.0 Å². The van der Waals surface area contributed by atoms with E-state index >= 15 is 0 Å². The lowest BCUT2D eigenvalue weighted by molar-refractivity contribution is 0.0983. The summed E-state index contributed by atoms with van der Waals surface area (Å²) in [7, 11) is 1.77. The number of carbonyl (C=O) groups excluding carboxylic acids is 1. The van der Waals surface area contributed by atoms with Gasteiger partial charge in [-0.3, -0.25) is 4.79 Å². The second kappa shape index (κ2) is 21.3. The summed E-state index contributed by atoms with van der Waals surface area (Å²) in [5.74, 6) is 1.80. The summed E-state index contributed by atoms with van der Waals surface area (Å²) in [6, 6.07) is 16.9. The summed E-state index contributed by atoms with van der Waals surface area (Å²) >= 11 is 11.7. The first kappa shape index (κ1) is 44.9. The zero-order chi connectivity index (χ0) is 41.5. The van der Waals surface area contributed by atoms with Crippen molar-refractivity contribution in [1.29, 1.82) is 0 Å². The van der Waals surface area contributed by atoms with E-state index in [-0.39, 0.29) is 0 Å². The fourth-order valence-electron chi connectivity index (χ4n) is 8.75. The van der Waals surface area contributed by atoms with E-state index in [1.165, 1.54) is 157 Å². The summed E-state index contributed by atoms with van der Waals surface area (Å²) < 4.78 is 9.33. The largest absolute Gasteiger partial charge is 0.385 e. The molecule has 7 rings (SSSR count). The molecular formula is C51H64O2S6. The number of methoxy groups -OCH3 is 1. The van der Waals surface area contributed by atoms with Crippen molar-refractivity contribution in [3.8, 4) is 30.6 Å². The van der Waals surface area contributed by atoms with Crippen LogP contribution in [0.15, 0.2) is 42.5 Å². The Morgan fingerprint density at radius 1 is 0.593 bits per heavy atom. The van der Waals surface area contributed by atoms with Crippen LogP contribution in [0.25, 0.3) is 60.9 Å². The van der Waals surface area contributed by atoms with E-state index in [0.29, 0.717) is 12.2 Å². The number of hydrogen-bond acceptors (Lipinski definition) is 8. The molecule has 6 aromatic heterocycles. The first-order chi connectivity index (χ1) is 28.8. The van der Waals surface area contributed by atoms with Crippen LogP contribution < -0.4 is 0 Å². The number of aryl methyl sites for hydroxylation is 2. The van der Waals surface area contributed by atoms with Gasteiger partial charge in [0.1, 0.15) is 0 Å². The smallest absolute Gasteiger partial charge is 0.172 e. The Morgan fingerprint density at radius 3 is 1.80 bits per heavy atom. The van der Waals surface area contributed by atoms with Crippen molar-refractivity contribution in [2.45, 2.75) is 144 Å². The molecule has 0 spiro atoms. The Bertz CT molecular complexity index is 2330. The molecule has 2 atom stereocenters.